The van der Waals surface area contributed by atoms with Gasteiger partial charge in [-0.05, 0) is 20.8 Å². The summed E-state index contributed by atoms with van der Waals surface area (Å²) in [4.78, 5) is 21.8. The van der Waals surface area contributed by atoms with Gasteiger partial charge in [0.15, 0.2) is 0 Å². The van der Waals surface area contributed by atoms with Crippen molar-refractivity contribution >= 4 is 11.9 Å². The number of ether oxygens (including phenoxy) is 8. The topological polar surface area (TPSA) is 108 Å². The molecule has 10 heteroatoms. The van der Waals surface area contributed by atoms with Gasteiger partial charge in [-0.1, -0.05) is 26.3 Å². The molecule has 0 fully saturated rings. The van der Waals surface area contributed by atoms with E-state index in [1.807, 2.05) is 6.92 Å². The number of esters is 2. The van der Waals surface area contributed by atoms with Crippen molar-refractivity contribution < 1.29 is 47.5 Å². The molecule has 0 N–H and O–H groups in total. The van der Waals surface area contributed by atoms with Crippen molar-refractivity contribution in [1.29, 1.82) is 0 Å². The Labute approximate surface area is 209 Å². The molecule has 0 saturated carbocycles. The predicted octanol–water partition coefficient (Wildman–Crippen LogP) is 2.98. The molecular weight excluding hydrogens is 460 g/mol. The van der Waals surface area contributed by atoms with E-state index in [-0.39, 0.29) is 31.5 Å². The number of hydrogen-bond acceptors (Lipinski definition) is 10. The molecule has 0 spiro atoms. The monoisotopic (exact) mass is 502 g/mol. The van der Waals surface area contributed by atoms with Crippen molar-refractivity contribution in [3.63, 3.8) is 0 Å². The Morgan fingerprint density at radius 2 is 1.06 bits per heavy atom. The van der Waals surface area contributed by atoms with Crippen LogP contribution in [0, 0.1) is 0 Å². The van der Waals surface area contributed by atoms with Crippen LogP contribution < -0.4 is 0 Å². The van der Waals surface area contributed by atoms with Gasteiger partial charge in [0.2, 0.25) is 0 Å². The quantitative estimate of drug-likeness (QED) is 0.0949. The summed E-state index contributed by atoms with van der Waals surface area (Å²) in [6.07, 6.45) is 4.23. The third-order valence-corrected chi connectivity index (χ3v) is 3.64. The SMILES string of the molecule is C=CC(=O)OCC(C)OCC(C)OCC(C)OC(=O)C=C.C=COCCOCCOCCOC=C. The van der Waals surface area contributed by atoms with Crippen molar-refractivity contribution in [1.82, 2.24) is 0 Å². The molecule has 0 aromatic carbocycles. The van der Waals surface area contributed by atoms with Crippen LogP contribution in [0.1, 0.15) is 20.8 Å². The second-order valence-electron chi connectivity index (χ2n) is 6.87. The van der Waals surface area contributed by atoms with E-state index in [0.717, 1.165) is 12.2 Å². The van der Waals surface area contributed by atoms with Crippen LogP contribution in [0.3, 0.4) is 0 Å². The third kappa shape index (κ3) is 27.5. The van der Waals surface area contributed by atoms with E-state index in [4.69, 9.17) is 37.9 Å². The van der Waals surface area contributed by atoms with Gasteiger partial charge in [-0.3, -0.25) is 0 Å². The van der Waals surface area contributed by atoms with E-state index in [0.29, 0.717) is 46.2 Å². The van der Waals surface area contributed by atoms with Crippen LogP contribution in [0.2, 0.25) is 0 Å². The number of rotatable bonds is 22. The van der Waals surface area contributed by atoms with Crippen molar-refractivity contribution in [3.05, 3.63) is 51.0 Å². The average molecular weight is 503 g/mol. The normalized spacial score (nSPS) is 12.5. The molecule has 0 aliphatic heterocycles. The van der Waals surface area contributed by atoms with Crippen molar-refractivity contribution in [2.24, 2.45) is 0 Å². The minimum Gasteiger partial charge on any atom is -0.499 e. The molecule has 3 unspecified atom stereocenters. The summed E-state index contributed by atoms with van der Waals surface area (Å²) in [5.74, 6) is -0.958. The van der Waals surface area contributed by atoms with Crippen LogP contribution in [-0.4, -0.2) is 89.7 Å². The molecule has 0 aliphatic rings. The Hall–Kier alpha value is -2.66. The maximum absolute atomic E-state index is 11.0. The molecule has 3 atom stereocenters. The van der Waals surface area contributed by atoms with Crippen LogP contribution in [0.15, 0.2) is 51.0 Å². The number of carbonyl (C=O) groups excluding carboxylic acids is 2. The first kappa shape index (κ1) is 34.5. The summed E-state index contributed by atoms with van der Waals surface area (Å²) >= 11 is 0. The Kier molecular flexibility index (Phi) is 25.6. The van der Waals surface area contributed by atoms with Crippen LogP contribution in [0.25, 0.3) is 0 Å². The fourth-order valence-corrected chi connectivity index (χ4v) is 1.94. The van der Waals surface area contributed by atoms with E-state index in [9.17, 15) is 9.59 Å². The number of carbonyl (C=O) groups is 2. The molecule has 202 valence electrons. The van der Waals surface area contributed by atoms with Crippen LogP contribution in [0.5, 0.6) is 0 Å². The lowest BCUT2D eigenvalue weighted by molar-refractivity contribution is -0.148. The summed E-state index contributed by atoms with van der Waals surface area (Å²) in [5.41, 5.74) is 0. The second-order valence-corrected chi connectivity index (χ2v) is 6.87. The maximum Gasteiger partial charge on any atom is 0.330 e. The largest absolute Gasteiger partial charge is 0.499 e. The highest BCUT2D eigenvalue weighted by Gasteiger charge is 2.12. The lowest BCUT2D eigenvalue weighted by atomic mass is 10.4. The Balaban J connectivity index is 0. The summed E-state index contributed by atoms with van der Waals surface area (Å²) in [6.45, 7) is 22.9. The highest BCUT2D eigenvalue weighted by Crippen LogP contribution is 2.01. The van der Waals surface area contributed by atoms with Crippen molar-refractivity contribution in [3.8, 4) is 0 Å². The van der Waals surface area contributed by atoms with Crippen molar-refractivity contribution in [2.75, 3.05) is 59.5 Å². The molecule has 0 aromatic rings. The minimum absolute atomic E-state index is 0.158. The first-order chi connectivity index (χ1) is 16.8. The molecule has 0 rings (SSSR count). The average Bonchev–Trinajstić information content (AvgIpc) is 2.86. The molecule has 0 bridgehead atoms. The second kappa shape index (κ2) is 26.0. The predicted molar refractivity (Wildman–Crippen MR) is 132 cm³/mol. The molecule has 0 aliphatic carbocycles. The van der Waals surface area contributed by atoms with Gasteiger partial charge in [-0.2, -0.15) is 0 Å². The van der Waals surface area contributed by atoms with Gasteiger partial charge in [0.25, 0.3) is 0 Å². The van der Waals surface area contributed by atoms with E-state index in [1.165, 1.54) is 12.5 Å². The molecule has 0 aromatic heterocycles. The van der Waals surface area contributed by atoms with Gasteiger partial charge in [0, 0.05) is 12.2 Å². The smallest absolute Gasteiger partial charge is 0.330 e. The first-order valence-electron chi connectivity index (χ1n) is 11.3. The van der Waals surface area contributed by atoms with Crippen LogP contribution >= 0.6 is 0 Å². The Morgan fingerprint density at radius 3 is 1.51 bits per heavy atom. The lowest BCUT2D eigenvalue weighted by Gasteiger charge is -2.19. The molecule has 0 heterocycles. The van der Waals surface area contributed by atoms with Crippen LogP contribution in [0.4, 0.5) is 0 Å². The summed E-state index contributed by atoms with van der Waals surface area (Å²) in [5, 5.41) is 0. The summed E-state index contributed by atoms with van der Waals surface area (Å²) in [7, 11) is 0. The van der Waals surface area contributed by atoms with Gasteiger partial charge >= 0.3 is 11.9 Å². The fraction of sp³-hybridized carbons (Fsp3) is 0.600. The third-order valence-electron chi connectivity index (χ3n) is 3.64. The molecule has 35 heavy (non-hydrogen) atoms. The van der Waals surface area contributed by atoms with E-state index in [2.05, 4.69) is 26.3 Å². The number of hydrogen-bond donors (Lipinski definition) is 0. The Bertz CT molecular complexity index is 563. The molecule has 0 radical (unpaired) electrons. The van der Waals surface area contributed by atoms with E-state index < -0.39 is 11.9 Å². The fourth-order valence-electron chi connectivity index (χ4n) is 1.94. The van der Waals surface area contributed by atoms with E-state index >= 15 is 0 Å². The van der Waals surface area contributed by atoms with Gasteiger partial charge < -0.3 is 37.9 Å². The zero-order valence-corrected chi connectivity index (χ0v) is 21.3. The van der Waals surface area contributed by atoms with Gasteiger partial charge in [-0.25, -0.2) is 9.59 Å². The van der Waals surface area contributed by atoms with Gasteiger partial charge in [0.1, 0.15) is 25.9 Å². The zero-order chi connectivity index (χ0) is 26.7. The molecule has 10 nitrogen and oxygen atoms in total. The lowest BCUT2D eigenvalue weighted by Crippen LogP contribution is -2.27. The van der Waals surface area contributed by atoms with Crippen molar-refractivity contribution in [2.45, 2.75) is 39.1 Å². The minimum atomic E-state index is -0.479. The van der Waals surface area contributed by atoms with Gasteiger partial charge in [0.05, 0.1) is 64.4 Å². The standard InChI is InChI=1S/C15H24O6.C10H18O4/c1-6-14(16)20-9-12(4)18-8-11(3)19-10-13(5)21-15(17)7-2;1-3-11-5-7-13-9-10-14-8-6-12-4-2/h6-7,11-13H,1-2,8-10H2,3-5H3;3-4H,1-2,5-10H2. The van der Waals surface area contributed by atoms with E-state index in [1.54, 1.807) is 13.8 Å². The zero-order valence-electron chi connectivity index (χ0n) is 21.3. The van der Waals surface area contributed by atoms with Crippen LogP contribution in [-0.2, 0) is 47.5 Å². The highest BCUT2D eigenvalue weighted by atomic mass is 16.6. The molecular formula is C25H42O10. The molecule has 0 amide bonds. The first-order valence-corrected chi connectivity index (χ1v) is 11.3. The highest BCUT2D eigenvalue weighted by molar-refractivity contribution is 5.81. The molecule has 0 saturated heterocycles. The van der Waals surface area contributed by atoms with Gasteiger partial charge in [-0.15, -0.1) is 0 Å². The Morgan fingerprint density at radius 1 is 0.629 bits per heavy atom. The maximum atomic E-state index is 11.0. The summed E-state index contributed by atoms with van der Waals surface area (Å²) < 4.78 is 40.9. The summed E-state index contributed by atoms with van der Waals surface area (Å²) in [6, 6.07) is 0.